The second-order valence-corrected chi connectivity index (χ2v) is 10.6. The zero-order valence-electron chi connectivity index (χ0n) is 20.1. The summed E-state index contributed by atoms with van der Waals surface area (Å²) in [6, 6.07) is 1.48. The van der Waals surface area contributed by atoms with E-state index >= 15 is 0 Å². The highest BCUT2D eigenvalue weighted by Gasteiger charge is 2.41. The molecule has 2 fully saturated rings. The van der Waals surface area contributed by atoms with Gasteiger partial charge in [0.1, 0.15) is 22.4 Å². The van der Waals surface area contributed by atoms with E-state index in [1.165, 1.54) is 11.3 Å². The van der Waals surface area contributed by atoms with E-state index < -0.39 is 24.2 Å². The van der Waals surface area contributed by atoms with Gasteiger partial charge in [0.05, 0.1) is 39.9 Å². The molecule has 188 valence electrons. The smallest absolute Gasteiger partial charge is 0.224 e. The number of aryl methyl sites for hydroxylation is 2. The zero-order chi connectivity index (χ0) is 24.7. The van der Waals surface area contributed by atoms with E-state index in [-0.39, 0.29) is 6.61 Å². The molecule has 2 aliphatic carbocycles. The van der Waals surface area contributed by atoms with Crippen LogP contribution in [0.5, 0.6) is 0 Å². The van der Waals surface area contributed by atoms with Gasteiger partial charge < -0.3 is 30.7 Å². The van der Waals surface area contributed by atoms with Crippen molar-refractivity contribution in [2.75, 3.05) is 30.9 Å². The lowest BCUT2D eigenvalue weighted by atomic mass is 9.82. The van der Waals surface area contributed by atoms with Crippen LogP contribution in [0, 0.1) is 25.7 Å². The number of methoxy groups -OCH3 is 1. The van der Waals surface area contributed by atoms with E-state index in [2.05, 4.69) is 15.6 Å². The molecule has 0 saturated heterocycles. The summed E-state index contributed by atoms with van der Waals surface area (Å²) < 4.78 is 6.40. The number of aliphatic hydroxyl groups excluding tert-OH is 3. The minimum absolute atomic E-state index is 0.188. The van der Waals surface area contributed by atoms with E-state index in [0.717, 1.165) is 51.6 Å². The Morgan fingerprint density at radius 1 is 1.09 bits per heavy atom. The number of hydrogen-bond acceptors (Lipinski definition) is 11. The number of nitrogens with one attached hydrogen (secondary N) is 2. The molecule has 4 atom stereocenters. The highest BCUT2D eigenvalue weighted by Crippen LogP contribution is 2.38. The second kappa shape index (κ2) is 9.90. The molecule has 0 bridgehead atoms. The van der Waals surface area contributed by atoms with Gasteiger partial charge >= 0.3 is 0 Å². The summed E-state index contributed by atoms with van der Waals surface area (Å²) >= 11 is 1.54. The average Bonchev–Trinajstić information content (AvgIpc) is 3.35. The van der Waals surface area contributed by atoms with Gasteiger partial charge in [-0.05, 0) is 45.1 Å². The lowest BCUT2D eigenvalue weighted by Gasteiger charge is -2.34. The predicted octanol–water partition coefficient (Wildman–Crippen LogP) is 2.12. The monoisotopic (exact) mass is 500 g/mol. The maximum atomic E-state index is 10.6. The van der Waals surface area contributed by atoms with E-state index in [9.17, 15) is 15.3 Å². The summed E-state index contributed by atoms with van der Waals surface area (Å²) in [4.78, 5) is 18.7. The summed E-state index contributed by atoms with van der Waals surface area (Å²) in [5, 5.41) is 38.0. The van der Waals surface area contributed by atoms with Crippen LogP contribution in [-0.2, 0) is 4.74 Å². The first-order valence-corrected chi connectivity index (χ1v) is 12.8. The molecule has 2 saturated carbocycles. The number of pyridine rings is 1. The maximum Gasteiger partial charge on any atom is 0.224 e. The fraction of sp³-hybridized carbons (Fsp3) is 0.583. The third kappa shape index (κ3) is 4.70. The van der Waals surface area contributed by atoms with Crippen molar-refractivity contribution in [3.05, 3.63) is 23.7 Å². The van der Waals surface area contributed by atoms with Gasteiger partial charge in [0.2, 0.25) is 5.95 Å². The Balaban J connectivity index is 1.47. The summed E-state index contributed by atoms with van der Waals surface area (Å²) in [5.41, 5.74) is 3.21. The van der Waals surface area contributed by atoms with Crippen LogP contribution in [0.1, 0.15) is 30.7 Å². The molecular formula is C24H32N6O4S. The van der Waals surface area contributed by atoms with Crippen molar-refractivity contribution in [2.24, 2.45) is 11.8 Å². The Bertz CT molecular complexity index is 1200. The Hall–Kier alpha value is -2.44. The van der Waals surface area contributed by atoms with E-state index in [4.69, 9.17) is 19.7 Å². The predicted molar refractivity (Wildman–Crippen MR) is 135 cm³/mol. The Kier molecular flexibility index (Phi) is 6.86. The number of anilines is 2. The minimum Gasteiger partial charge on any atom is -0.396 e. The number of aromatic nitrogens is 4. The molecular weight excluding hydrogens is 468 g/mol. The van der Waals surface area contributed by atoms with Crippen LogP contribution < -0.4 is 10.6 Å². The molecule has 5 rings (SSSR count). The number of ether oxygens (including phenoxy) is 1. The highest BCUT2D eigenvalue weighted by atomic mass is 32.1. The Labute approximate surface area is 207 Å². The van der Waals surface area contributed by atoms with Crippen molar-refractivity contribution < 1.29 is 20.1 Å². The van der Waals surface area contributed by atoms with Crippen LogP contribution in [0.3, 0.4) is 0 Å². The Morgan fingerprint density at radius 2 is 1.89 bits per heavy atom. The molecule has 5 N–H and O–H groups in total. The van der Waals surface area contributed by atoms with Gasteiger partial charge in [0.15, 0.2) is 0 Å². The zero-order valence-corrected chi connectivity index (χ0v) is 20.9. The van der Waals surface area contributed by atoms with E-state index in [1.807, 2.05) is 19.9 Å². The number of rotatable bonds is 8. The quantitative estimate of drug-likeness (QED) is 0.312. The van der Waals surface area contributed by atoms with Crippen LogP contribution in [0.4, 0.5) is 11.8 Å². The molecule has 0 spiro atoms. The second-order valence-electron chi connectivity index (χ2n) is 9.60. The normalized spacial score (nSPS) is 28.3. The largest absolute Gasteiger partial charge is 0.396 e. The minimum atomic E-state index is -1.02. The first kappa shape index (κ1) is 24.3. The first-order valence-electron chi connectivity index (χ1n) is 12.0. The fourth-order valence-corrected chi connectivity index (χ4v) is 6.11. The van der Waals surface area contributed by atoms with Gasteiger partial charge in [0.25, 0.3) is 0 Å². The third-order valence-corrected chi connectivity index (χ3v) is 8.27. The van der Waals surface area contributed by atoms with Gasteiger partial charge in [-0.3, -0.25) is 4.98 Å². The molecule has 0 unspecified atom stereocenters. The molecule has 2 aliphatic rings. The lowest BCUT2D eigenvalue weighted by Crippen LogP contribution is -2.36. The molecule has 0 amide bonds. The van der Waals surface area contributed by atoms with Crippen LogP contribution in [0.15, 0.2) is 12.3 Å². The van der Waals surface area contributed by atoms with Crippen LogP contribution in [-0.4, -0.2) is 79.9 Å². The summed E-state index contributed by atoms with van der Waals surface area (Å²) in [6.45, 7) is 4.42. The van der Waals surface area contributed by atoms with Crippen molar-refractivity contribution >= 4 is 33.3 Å². The summed E-state index contributed by atoms with van der Waals surface area (Å²) in [6.07, 6.45) is 2.54. The van der Waals surface area contributed by atoms with Gasteiger partial charge in [-0.2, -0.15) is 4.98 Å². The average molecular weight is 501 g/mol. The fourth-order valence-electron chi connectivity index (χ4n) is 5.00. The molecule has 10 nitrogen and oxygen atoms in total. The van der Waals surface area contributed by atoms with Gasteiger partial charge in [-0.15, -0.1) is 11.3 Å². The first-order chi connectivity index (χ1) is 16.9. The highest BCUT2D eigenvalue weighted by molar-refractivity contribution is 7.21. The van der Waals surface area contributed by atoms with Crippen molar-refractivity contribution in [1.82, 2.24) is 19.9 Å². The molecule has 3 aromatic heterocycles. The molecule has 0 aromatic carbocycles. The van der Waals surface area contributed by atoms with E-state index in [1.54, 1.807) is 13.3 Å². The third-order valence-electron chi connectivity index (χ3n) is 7.23. The molecule has 11 heteroatoms. The summed E-state index contributed by atoms with van der Waals surface area (Å²) in [7, 11) is 1.74. The molecule has 3 heterocycles. The van der Waals surface area contributed by atoms with Crippen LogP contribution in [0.2, 0.25) is 0 Å². The number of fused-ring (bicyclic) bond motifs is 1. The number of nitrogens with zero attached hydrogens (tertiary/aromatic N) is 4. The van der Waals surface area contributed by atoms with Crippen molar-refractivity contribution in [3.63, 3.8) is 0 Å². The van der Waals surface area contributed by atoms with Crippen molar-refractivity contribution in [1.29, 1.82) is 0 Å². The maximum absolute atomic E-state index is 10.6. The lowest BCUT2D eigenvalue weighted by molar-refractivity contribution is 0.00444. The van der Waals surface area contributed by atoms with Crippen LogP contribution >= 0.6 is 11.3 Å². The number of hydrogen-bond donors (Lipinski definition) is 5. The molecule has 0 radical (unpaired) electrons. The topological polar surface area (TPSA) is 146 Å². The number of thiazole rings is 1. The van der Waals surface area contributed by atoms with Gasteiger partial charge in [-0.25, -0.2) is 9.97 Å². The van der Waals surface area contributed by atoms with Gasteiger partial charge in [0, 0.05) is 32.4 Å². The van der Waals surface area contributed by atoms with Crippen molar-refractivity contribution in [2.45, 2.75) is 57.5 Å². The molecule has 0 aliphatic heterocycles. The van der Waals surface area contributed by atoms with Crippen LogP contribution in [0.25, 0.3) is 20.8 Å². The number of aliphatic hydroxyl groups is 3. The Morgan fingerprint density at radius 3 is 2.57 bits per heavy atom. The van der Waals surface area contributed by atoms with Crippen molar-refractivity contribution in [3.8, 4) is 10.6 Å². The summed E-state index contributed by atoms with van der Waals surface area (Å²) in [5.74, 6) is 1.16. The van der Waals surface area contributed by atoms with E-state index in [0.29, 0.717) is 30.2 Å². The van der Waals surface area contributed by atoms with Gasteiger partial charge in [-0.1, -0.05) is 0 Å². The molecule has 3 aromatic rings. The standard InChI is InChI=1S/C24H32N6O4S/c1-11-18(23-29-19-12(2)25-5-4-17(19)35-23)22(28-16-8-14(10-31)20(32)21(16)33)30-24(27-11)26-9-13-6-15(7-13)34-3/h4-5,13-16,20-21,31-33H,6-10H2,1-3H3,(H2,26,27,28,30)/t13-,14-,15+,16-,20-,21+/m1/s1. The molecule has 35 heavy (non-hydrogen) atoms. The SMILES string of the molecule is CO[C@H]1C[C@@H](CNc2nc(C)c(-c3nc4c(C)nccc4s3)c(N[C@@H]3C[C@H](CO)[C@@H](O)[C@H]3O)n2)C1.